The first-order valence-corrected chi connectivity index (χ1v) is 9.68. The first kappa shape index (κ1) is 17.9. The number of hydrogen-bond acceptors (Lipinski definition) is 5. The van der Waals surface area contributed by atoms with Crippen LogP contribution < -0.4 is 10.0 Å². The smallest absolute Gasteiger partial charge is 0.308 e. The van der Waals surface area contributed by atoms with Crippen LogP contribution in [0.3, 0.4) is 0 Å². The second-order valence-corrected chi connectivity index (χ2v) is 8.80. The van der Waals surface area contributed by atoms with Gasteiger partial charge in [-0.2, -0.15) is 0 Å². The summed E-state index contributed by atoms with van der Waals surface area (Å²) in [6.45, 7) is 1.29. The molecule has 0 spiro atoms. The van der Waals surface area contributed by atoms with Crippen molar-refractivity contribution in [2.24, 2.45) is 5.92 Å². The fourth-order valence-corrected chi connectivity index (χ4v) is 4.91. The van der Waals surface area contributed by atoms with E-state index >= 15 is 0 Å². The maximum atomic E-state index is 12.1. The highest BCUT2D eigenvalue weighted by Gasteiger charge is 2.42. The maximum absolute atomic E-state index is 12.1. The predicted molar refractivity (Wildman–Crippen MR) is 85.6 cm³/mol. The molecular weight excluding hydrogens is 340 g/mol. The lowest BCUT2D eigenvalue weighted by molar-refractivity contribution is -0.146. The molecule has 0 aliphatic heterocycles. The molecule has 7 nitrogen and oxygen atoms in total. The van der Waals surface area contributed by atoms with Crippen molar-refractivity contribution in [3.63, 3.8) is 0 Å². The number of amides is 1. The molecule has 2 atom stereocenters. The molecule has 2 rings (SSSR count). The van der Waals surface area contributed by atoms with Crippen molar-refractivity contribution in [2.45, 2.75) is 42.4 Å². The zero-order chi connectivity index (χ0) is 17.1. The van der Waals surface area contributed by atoms with Gasteiger partial charge in [-0.05, 0) is 31.2 Å². The van der Waals surface area contributed by atoms with Crippen LogP contribution in [0.1, 0.15) is 32.6 Å². The van der Waals surface area contributed by atoms with E-state index in [-0.39, 0.29) is 4.21 Å². The molecule has 1 aliphatic rings. The lowest BCUT2D eigenvalue weighted by Gasteiger charge is -2.39. The van der Waals surface area contributed by atoms with E-state index in [1.54, 1.807) is 18.4 Å². The van der Waals surface area contributed by atoms with Crippen molar-refractivity contribution in [2.75, 3.05) is 6.54 Å². The number of rotatable bonds is 6. The fourth-order valence-electron chi connectivity index (χ4n) is 2.89. The van der Waals surface area contributed by atoms with Gasteiger partial charge in [0.1, 0.15) is 4.21 Å². The van der Waals surface area contributed by atoms with Crippen molar-refractivity contribution in [1.29, 1.82) is 0 Å². The topological polar surface area (TPSA) is 113 Å². The number of carbonyl (C=O) groups is 2. The Bertz CT molecular complexity index is 671. The highest BCUT2D eigenvalue weighted by molar-refractivity contribution is 7.91. The van der Waals surface area contributed by atoms with E-state index in [9.17, 15) is 23.1 Å². The van der Waals surface area contributed by atoms with Crippen LogP contribution in [0, 0.1) is 5.92 Å². The van der Waals surface area contributed by atoms with Crippen LogP contribution in [-0.2, 0) is 19.6 Å². The molecule has 1 aromatic rings. The molecule has 128 valence electrons. The number of sulfonamides is 1. The van der Waals surface area contributed by atoms with E-state index in [0.29, 0.717) is 12.8 Å². The van der Waals surface area contributed by atoms with Gasteiger partial charge in [0.05, 0.1) is 18.0 Å². The number of carboxylic acids is 1. The third kappa shape index (κ3) is 4.30. The second-order valence-electron chi connectivity index (χ2n) is 5.86. The third-order valence-electron chi connectivity index (χ3n) is 4.11. The Morgan fingerprint density at radius 1 is 1.43 bits per heavy atom. The Labute approximate surface area is 139 Å². The van der Waals surface area contributed by atoms with E-state index in [0.717, 1.165) is 24.2 Å². The molecule has 0 bridgehead atoms. The molecule has 2 unspecified atom stereocenters. The Kier molecular flexibility index (Phi) is 5.43. The quantitative estimate of drug-likeness (QED) is 0.705. The molecule has 1 aromatic heterocycles. The van der Waals surface area contributed by atoms with Crippen molar-refractivity contribution in [1.82, 2.24) is 10.0 Å². The summed E-state index contributed by atoms with van der Waals surface area (Å²) in [5, 5.41) is 13.6. The van der Waals surface area contributed by atoms with Gasteiger partial charge in [-0.1, -0.05) is 18.9 Å². The van der Waals surface area contributed by atoms with Crippen LogP contribution in [-0.4, -0.2) is 37.5 Å². The van der Waals surface area contributed by atoms with E-state index in [1.165, 1.54) is 6.07 Å². The maximum Gasteiger partial charge on any atom is 0.308 e. The highest BCUT2D eigenvalue weighted by Crippen LogP contribution is 2.33. The van der Waals surface area contributed by atoms with Crippen LogP contribution in [0.15, 0.2) is 21.7 Å². The minimum atomic E-state index is -3.71. The van der Waals surface area contributed by atoms with Gasteiger partial charge in [-0.15, -0.1) is 11.3 Å². The van der Waals surface area contributed by atoms with Crippen molar-refractivity contribution >= 4 is 33.2 Å². The molecule has 0 saturated heterocycles. The lowest BCUT2D eigenvalue weighted by Crippen LogP contribution is -2.57. The molecule has 1 amide bonds. The predicted octanol–water partition coefficient (Wildman–Crippen LogP) is 1.18. The SMILES string of the molecule is CC1(NC(=O)CNS(=O)(=O)c2cccs2)CCCCC1C(=O)O. The summed E-state index contributed by atoms with van der Waals surface area (Å²) in [5.41, 5.74) is -0.852. The normalized spacial score (nSPS) is 25.0. The summed E-state index contributed by atoms with van der Waals surface area (Å²) < 4.78 is 26.3. The van der Waals surface area contributed by atoms with Crippen LogP contribution in [0.5, 0.6) is 0 Å². The molecule has 1 saturated carbocycles. The molecule has 9 heteroatoms. The zero-order valence-corrected chi connectivity index (χ0v) is 14.4. The average molecular weight is 360 g/mol. The minimum absolute atomic E-state index is 0.137. The van der Waals surface area contributed by atoms with Gasteiger partial charge in [-0.3, -0.25) is 9.59 Å². The van der Waals surface area contributed by atoms with E-state index < -0.39 is 39.9 Å². The number of nitrogens with one attached hydrogen (secondary N) is 2. The molecular formula is C14H20N2O5S2. The Morgan fingerprint density at radius 2 is 2.17 bits per heavy atom. The van der Waals surface area contributed by atoms with Crippen molar-refractivity contribution < 1.29 is 23.1 Å². The minimum Gasteiger partial charge on any atom is -0.481 e. The van der Waals surface area contributed by atoms with Gasteiger partial charge < -0.3 is 10.4 Å². The number of carboxylic acid groups (broad SMARTS) is 1. The number of carbonyl (C=O) groups excluding carboxylic acids is 1. The van der Waals surface area contributed by atoms with Crippen LogP contribution in [0.4, 0.5) is 0 Å². The summed E-state index contributed by atoms with van der Waals surface area (Å²) in [5.74, 6) is -2.12. The Hall–Kier alpha value is -1.45. The van der Waals surface area contributed by atoms with Gasteiger partial charge in [0.25, 0.3) is 10.0 Å². The fraction of sp³-hybridized carbons (Fsp3) is 0.571. The number of aliphatic carboxylic acids is 1. The summed E-state index contributed by atoms with van der Waals surface area (Å²) in [6.07, 6.45) is 2.72. The van der Waals surface area contributed by atoms with Crippen LogP contribution >= 0.6 is 11.3 Å². The third-order valence-corrected chi connectivity index (χ3v) is 6.91. The van der Waals surface area contributed by atoms with Gasteiger partial charge in [-0.25, -0.2) is 13.1 Å². The molecule has 0 aromatic carbocycles. The number of hydrogen-bond donors (Lipinski definition) is 3. The van der Waals surface area contributed by atoms with Crippen LogP contribution in [0.25, 0.3) is 0 Å². The summed E-state index contributed by atoms with van der Waals surface area (Å²) in [6, 6.07) is 3.06. The highest BCUT2D eigenvalue weighted by atomic mass is 32.2. The number of thiophene rings is 1. The van der Waals surface area contributed by atoms with E-state index in [4.69, 9.17) is 0 Å². The van der Waals surface area contributed by atoms with E-state index in [1.807, 2.05) is 0 Å². The standard InChI is InChI=1S/C14H20N2O5S2/c1-14(7-3-2-5-10(14)13(18)19)16-11(17)9-15-23(20,21)12-6-4-8-22-12/h4,6,8,10,15H,2-3,5,7,9H2,1H3,(H,16,17)(H,18,19). The van der Waals surface area contributed by atoms with Gasteiger partial charge in [0.2, 0.25) is 5.91 Å². The average Bonchev–Trinajstić information content (AvgIpc) is 3.00. The Morgan fingerprint density at radius 3 is 2.78 bits per heavy atom. The molecule has 3 N–H and O–H groups in total. The Balaban J connectivity index is 1.97. The first-order valence-electron chi connectivity index (χ1n) is 7.31. The molecule has 1 heterocycles. The van der Waals surface area contributed by atoms with Gasteiger partial charge in [0.15, 0.2) is 0 Å². The molecule has 0 radical (unpaired) electrons. The van der Waals surface area contributed by atoms with Gasteiger partial charge >= 0.3 is 5.97 Å². The summed E-state index contributed by atoms with van der Waals surface area (Å²) in [7, 11) is -3.71. The lowest BCUT2D eigenvalue weighted by atomic mass is 9.74. The monoisotopic (exact) mass is 360 g/mol. The first-order chi connectivity index (χ1) is 10.7. The van der Waals surface area contributed by atoms with E-state index in [2.05, 4.69) is 10.0 Å². The summed E-state index contributed by atoms with van der Waals surface area (Å²) >= 11 is 1.06. The molecule has 1 fully saturated rings. The van der Waals surface area contributed by atoms with Crippen LogP contribution in [0.2, 0.25) is 0 Å². The van der Waals surface area contributed by atoms with Crippen molar-refractivity contribution in [3.05, 3.63) is 17.5 Å². The summed E-state index contributed by atoms with van der Waals surface area (Å²) in [4.78, 5) is 23.4. The van der Waals surface area contributed by atoms with Crippen molar-refractivity contribution in [3.8, 4) is 0 Å². The zero-order valence-electron chi connectivity index (χ0n) is 12.7. The molecule has 1 aliphatic carbocycles. The second kappa shape index (κ2) is 6.98. The van der Waals surface area contributed by atoms with Gasteiger partial charge in [0, 0.05) is 0 Å². The largest absolute Gasteiger partial charge is 0.481 e. The molecule has 23 heavy (non-hydrogen) atoms.